The highest BCUT2D eigenvalue weighted by molar-refractivity contribution is 7.13. The number of hydrogen-bond acceptors (Lipinski definition) is 3. The zero-order valence-corrected chi connectivity index (χ0v) is 15.0. The molecule has 0 aliphatic carbocycles. The minimum Gasteiger partial charge on any atom is -0.292 e. The van der Waals surface area contributed by atoms with E-state index in [0.717, 1.165) is 45.0 Å². The molecular formula is C20H17ClN2S. The maximum Gasteiger partial charge on any atom is 0.0919 e. The smallest absolute Gasteiger partial charge is 0.0919 e. The Kier molecular flexibility index (Phi) is 5.32. The molecule has 120 valence electrons. The molecule has 0 atom stereocenters. The normalized spacial score (nSPS) is 10.6. The summed E-state index contributed by atoms with van der Waals surface area (Å²) in [5.41, 5.74) is 3.09. The monoisotopic (exact) mass is 352 g/mol. The molecule has 0 amide bonds. The van der Waals surface area contributed by atoms with Crippen molar-refractivity contribution in [3.63, 3.8) is 0 Å². The lowest BCUT2D eigenvalue weighted by Crippen LogP contribution is -2.17. The summed E-state index contributed by atoms with van der Waals surface area (Å²) in [5.74, 6) is 6.41. The van der Waals surface area contributed by atoms with Gasteiger partial charge in [-0.05, 0) is 42.8 Å². The summed E-state index contributed by atoms with van der Waals surface area (Å²) in [6.07, 6.45) is 1.88. The van der Waals surface area contributed by atoms with Crippen molar-refractivity contribution in [3.05, 3.63) is 65.7 Å². The first kappa shape index (κ1) is 16.7. The Balaban J connectivity index is 1.85. The van der Waals surface area contributed by atoms with Crippen molar-refractivity contribution in [3.8, 4) is 23.1 Å². The van der Waals surface area contributed by atoms with Crippen molar-refractivity contribution in [1.82, 2.24) is 9.27 Å². The second-order valence-electron chi connectivity index (χ2n) is 5.54. The fourth-order valence-corrected chi connectivity index (χ4v) is 3.35. The predicted octanol–water partition coefficient (Wildman–Crippen LogP) is 5.09. The van der Waals surface area contributed by atoms with Gasteiger partial charge in [-0.2, -0.15) is 4.37 Å². The number of fused-ring (bicyclic) bond motifs is 1. The largest absolute Gasteiger partial charge is 0.292 e. The molecule has 24 heavy (non-hydrogen) atoms. The molecule has 3 rings (SSSR count). The van der Waals surface area contributed by atoms with Crippen molar-refractivity contribution >= 4 is 33.2 Å². The quantitative estimate of drug-likeness (QED) is 0.480. The van der Waals surface area contributed by atoms with E-state index in [2.05, 4.69) is 45.9 Å². The summed E-state index contributed by atoms with van der Waals surface area (Å²) in [5, 5.41) is 1.88. The summed E-state index contributed by atoms with van der Waals surface area (Å²) < 4.78 is 5.74. The van der Waals surface area contributed by atoms with Crippen LogP contribution in [-0.2, 0) is 0 Å². The third-order valence-electron chi connectivity index (χ3n) is 3.61. The Morgan fingerprint density at radius 3 is 2.79 bits per heavy atom. The van der Waals surface area contributed by atoms with E-state index in [1.807, 2.05) is 37.4 Å². The van der Waals surface area contributed by atoms with Crippen LogP contribution in [-0.4, -0.2) is 29.4 Å². The van der Waals surface area contributed by atoms with E-state index in [1.54, 1.807) is 0 Å². The van der Waals surface area contributed by atoms with Crippen LogP contribution in [0.3, 0.4) is 0 Å². The van der Waals surface area contributed by atoms with Gasteiger partial charge in [-0.15, -0.1) is 6.58 Å². The van der Waals surface area contributed by atoms with E-state index in [9.17, 15) is 0 Å². The molecule has 2 nitrogen and oxygen atoms in total. The Morgan fingerprint density at radius 2 is 2.04 bits per heavy atom. The fourth-order valence-electron chi connectivity index (χ4n) is 2.39. The molecule has 0 N–H and O–H groups in total. The molecule has 0 aliphatic heterocycles. The highest BCUT2D eigenvalue weighted by Crippen LogP contribution is 2.31. The van der Waals surface area contributed by atoms with Gasteiger partial charge in [0, 0.05) is 28.1 Å². The Hall–Kier alpha value is -2.12. The zero-order chi connectivity index (χ0) is 16.9. The average Bonchev–Trinajstić information content (AvgIpc) is 2.99. The van der Waals surface area contributed by atoms with E-state index in [1.165, 1.54) is 11.5 Å². The van der Waals surface area contributed by atoms with Crippen molar-refractivity contribution < 1.29 is 0 Å². The van der Waals surface area contributed by atoms with Crippen molar-refractivity contribution in [2.75, 3.05) is 20.1 Å². The molecule has 0 spiro atoms. The predicted molar refractivity (Wildman–Crippen MR) is 105 cm³/mol. The van der Waals surface area contributed by atoms with E-state index in [-0.39, 0.29) is 0 Å². The first-order valence-electron chi connectivity index (χ1n) is 7.61. The van der Waals surface area contributed by atoms with Gasteiger partial charge in [-0.25, -0.2) is 0 Å². The van der Waals surface area contributed by atoms with Crippen molar-refractivity contribution in [1.29, 1.82) is 0 Å². The van der Waals surface area contributed by atoms with E-state index in [4.69, 9.17) is 11.6 Å². The molecule has 1 heterocycles. The highest BCUT2D eigenvalue weighted by atomic mass is 35.5. The number of hydrogen-bond donors (Lipinski definition) is 0. The molecule has 2 aromatic carbocycles. The number of halogens is 1. The lowest BCUT2D eigenvalue weighted by molar-refractivity contribution is 0.419. The molecule has 0 unspecified atom stereocenters. The van der Waals surface area contributed by atoms with Crippen LogP contribution in [0.4, 0.5) is 0 Å². The molecule has 3 aromatic rings. The molecule has 0 aliphatic rings. The highest BCUT2D eigenvalue weighted by Gasteiger charge is 2.08. The number of benzene rings is 2. The summed E-state index contributed by atoms with van der Waals surface area (Å²) in [6, 6.07) is 14.0. The van der Waals surface area contributed by atoms with Crippen LogP contribution in [0.1, 0.15) is 5.56 Å². The third-order valence-corrected chi connectivity index (χ3v) is 4.67. The standard InChI is InChI=1S/C20H17ClN2S/c1-3-12-23(2)13-4-5-15-6-11-18-19(14-15)24-22-20(18)16-7-9-17(21)10-8-16/h3,6-11,14H,1,12-13H2,2H3. The minimum absolute atomic E-state index is 0.725. The van der Waals surface area contributed by atoms with Gasteiger partial charge in [-0.3, -0.25) is 4.90 Å². The maximum absolute atomic E-state index is 5.96. The summed E-state index contributed by atoms with van der Waals surface area (Å²) >= 11 is 7.46. The second-order valence-corrected chi connectivity index (χ2v) is 6.78. The van der Waals surface area contributed by atoms with Gasteiger partial charge in [0.1, 0.15) is 0 Å². The average molecular weight is 353 g/mol. The van der Waals surface area contributed by atoms with Crippen LogP contribution < -0.4 is 0 Å². The van der Waals surface area contributed by atoms with E-state index in [0.29, 0.717) is 0 Å². The third kappa shape index (κ3) is 3.85. The van der Waals surface area contributed by atoms with Crippen LogP contribution in [0.2, 0.25) is 5.02 Å². The van der Waals surface area contributed by atoms with Gasteiger partial charge in [0.2, 0.25) is 0 Å². The number of rotatable bonds is 4. The molecule has 1 aromatic heterocycles. The molecule has 0 saturated carbocycles. The molecule has 0 bridgehead atoms. The summed E-state index contributed by atoms with van der Waals surface area (Å²) in [4.78, 5) is 2.11. The molecular weight excluding hydrogens is 336 g/mol. The summed E-state index contributed by atoms with van der Waals surface area (Å²) in [6.45, 7) is 5.30. The first-order chi connectivity index (χ1) is 11.7. The van der Waals surface area contributed by atoms with Crippen LogP contribution in [0.25, 0.3) is 21.3 Å². The second kappa shape index (κ2) is 7.63. The molecule has 0 saturated heterocycles. The summed E-state index contributed by atoms with van der Waals surface area (Å²) in [7, 11) is 2.03. The fraction of sp³-hybridized carbons (Fsp3) is 0.150. The SMILES string of the molecule is C=CCN(C)CC#Cc1ccc2c(-c3ccc(Cl)cc3)nsc2c1. The van der Waals surface area contributed by atoms with Gasteiger partial charge in [0.25, 0.3) is 0 Å². The minimum atomic E-state index is 0.725. The first-order valence-corrected chi connectivity index (χ1v) is 8.76. The van der Waals surface area contributed by atoms with Crippen molar-refractivity contribution in [2.24, 2.45) is 0 Å². The van der Waals surface area contributed by atoms with Gasteiger partial charge in [0.05, 0.1) is 16.9 Å². The van der Waals surface area contributed by atoms with Gasteiger partial charge < -0.3 is 0 Å². The topological polar surface area (TPSA) is 16.1 Å². The number of aromatic nitrogens is 1. The zero-order valence-electron chi connectivity index (χ0n) is 13.4. The number of nitrogens with zero attached hydrogens (tertiary/aromatic N) is 2. The van der Waals surface area contributed by atoms with Gasteiger partial charge in [-0.1, -0.05) is 47.7 Å². The maximum atomic E-state index is 5.96. The lowest BCUT2D eigenvalue weighted by atomic mass is 10.1. The van der Waals surface area contributed by atoms with Gasteiger partial charge >= 0.3 is 0 Å². The molecule has 4 heteroatoms. The van der Waals surface area contributed by atoms with E-state index >= 15 is 0 Å². The lowest BCUT2D eigenvalue weighted by Gasteiger charge is -2.08. The van der Waals surface area contributed by atoms with Crippen LogP contribution in [0.5, 0.6) is 0 Å². The molecule has 0 fully saturated rings. The van der Waals surface area contributed by atoms with Gasteiger partial charge in [0.15, 0.2) is 0 Å². The van der Waals surface area contributed by atoms with Crippen LogP contribution in [0.15, 0.2) is 55.1 Å². The number of likely N-dealkylation sites (N-methyl/N-ethyl adjacent to an activating group) is 1. The van der Waals surface area contributed by atoms with Crippen LogP contribution in [0, 0.1) is 11.8 Å². The Labute approximate surface area is 151 Å². The Morgan fingerprint density at radius 1 is 1.25 bits per heavy atom. The van der Waals surface area contributed by atoms with Crippen molar-refractivity contribution in [2.45, 2.75) is 0 Å². The molecule has 0 radical (unpaired) electrons. The van der Waals surface area contributed by atoms with Crippen LogP contribution >= 0.6 is 23.1 Å². The van der Waals surface area contributed by atoms with E-state index < -0.39 is 0 Å². The Bertz CT molecular complexity index is 916.